The Morgan fingerprint density at radius 1 is 1.52 bits per heavy atom. The first kappa shape index (κ1) is 18.5. The van der Waals surface area contributed by atoms with E-state index in [1.54, 1.807) is 11.5 Å². The Labute approximate surface area is 146 Å². The number of aromatic nitrogens is 4. The van der Waals surface area contributed by atoms with Crippen LogP contribution < -0.4 is 0 Å². The van der Waals surface area contributed by atoms with Crippen molar-refractivity contribution in [3.8, 4) is 0 Å². The van der Waals surface area contributed by atoms with Gasteiger partial charge in [0, 0.05) is 6.61 Å². The molecule has 13 heteroatoms. The van der Waals surface area contributed by atoms with Gasteiger partial charge in [0.15, 0.2) is 10.9 Å². The maximum atomic E-state index is 11.5. The highest BCUT2D eigenvalue weighted by Crippen LogP contribution is 2.52. The molecule has 138 valence electrons. The van der Waals surface area contributed by atoms with Gasteiger partial charge in [-0.3, -0.25) is 13.6 Å². The first-order valence-corrected chi connectivity index (χ1v) is 9.28. The lowest BCUT2D eigenvalue weighted by Crippen LogP contribution is -2.39. The van der Waals surface area contributed by atoms with Crippen LogP contribution in [0.4, 0.5) is 0 Å². The van der Waals surface area contributed by atoms with E-state index in [1.165, 1.54) is 12.7 Å². The van der Waals surface area contributed by atoms with Crippen molar-refractivity contribution in [2.45, 2.75) is 31.5 Å². The Balaban J connectivity index is 0.000000569. The number of ether oxygens (including phenoxy) is 1. The van der Waals surface area contributed by atoms with E-state index in [0.29, 0.717) is 15.8 Å². The molecule has 5 unspecified atom stereocenters. The first-order chi connectivity index (χ1) is 11.9. The van der Waals surface area contributed by atoms with E-state index in [9.17, 15) is 14.6 Å². The first-order valence-electron chi connectivity index (χ1n) is 7.38. The predicted molar refractivity (Wildman–Crippen MR) is 86.0 cm³/mol. The van der Waals surface area contributed by atoms with E-state index >= 15 is 0 Å². The lowest BCUT2D eigenvalue weighted by Gasteiger charge is -2.27. The van der Waals surface area contributed by atoms with E-state index in [2.05, 4.69) is 15.0 Å². The van der Waals surface area contributed by atoms with Crippen LogP contribution in [-0.2, 0) is 18.3 Å². The second kappa shape index (κ2) is 7.17. The van der Waals surface area contributed by atoms with Gasteiger partial charge < -0.3 is 24.8 Å². The normalized spacial score (nSPS) is 34.4. The lowest BCUT2D eigenvalue weighted by atomic mass is 10.1. The quantitative estimate of drug-likeness (QED) is 0.393. The number of H-pyrrole nitrogens is 1. The monoisotopic (exact) mass is 392 g/mol. The standard InChI is InChI=1S/C10H11N4O6PS.C2H6O/c15-6-7-4(1-18-21(16,17)20-7)19-10(6)14-3-13-5-8(14)11-2-12-9(5)22;1-2-3/h2-4,6-7,10,15H,1H2,(H,16,17)(H,11,12,22);3H,2H2,1H3. The fourth-order valence-corrected chi connectivity index (χ4v) is 3.80. The number of phosphoric acid groups is 1. The number of hydrogen-bond donors (Lipinski definition) is 4. The van der Waals surface area contributed by atoms with Gasteiger partial charge in [0.1, 0.15) is 29.5 Å². The van der Waals surface area contributed by atoms with Crippen molar-refractivity contribution in [1.29, 1.82) is 0 Å². The number of imidazole rings is 1. The van der Waals surface area contributed by atoms with Crippen molar-refractivity contribution in [2.75, 3.05) is 13.2 Å². The fourth-order valence-electron chi connectivity index (χ4n) is 2.63. The Bertz CT molecular complexity index is 857. The molecule has 5 atom stereocenters. The topological polar surface area (TPSA) is 152 Å². The molecule has 4 N–H and O–H groups in total. The van der Waals surface area contributed by atoms with Gasteiger partial charge in [0.25, 0.3) is 0 Å². The van der Waals surface area contributed by atoms with Crippen molar-refractivity contribution in [3.05, 3.63) is 17.3 Å². The molecule has 2 aromatic heterocycles. The second-order valence-electron chi connectivity index (χ2n) is 5.26. The molecule has 0 amide bonds. The summed E-state index contributed by atoms with van der Waals surface area (Å²) in [4.78, 5) is 20.3. The van der Waals surface area contributed by atoms with Crippen LogP contribution in [-0.4, -0.2) is 66.2 Å². The molecule has 25 heavy (non-hydrogen) atoms. The van der Waals surface area contributed by atoms with Crippen LogP contribution in [0.1, 0.15) is 13.2 Å². The molecule has 0 bridgehead atoms. The Kier molecular flexibility index (Phi) is 5.32. The largest absolute Gasteiger partial charge is 0.472 e. The van der Waals surface area contributed by atoms with Crippen molar-refractivity contribution in [2.24, 2.45) is 0 Å². The highest BCUT2D eigenvalue weighted by molar-refractivity contribution is 7.71. The molecule has 4 rings (SSSR count). The lowest BCUT2D eigenvalue weighted by molar-refractivity contribution is -0.0664. The summed E-state index contributed by atoms with van der Waals surface area (Å²) < 4.78 is 28.6. The zero-order valence-electron chi connectivity index (χ0n) is 13.1. The van der Waals surface area contributed by atoms with Gasteiger partial charge in [-0.05, 0) is 6.92 Å². The average molecular weight is 392 g/mol. The zero-order chi connectivity index (χ0) is 18.2. The zero-order valence-corrected chi connectivity index (χ0v) is 14.8. The summed E-state index contributed by atoms with van der Waals surface area (Å²) in [5.41, 5.74) is 0.990. The highest BCUT2D eigenvalue weighted by atomic mass is 32.1. The van der Waals surface area contributed by atoms with Gasteiger partial charge in [-0.15, -0.1) is 0 Å². The summed E-state index contributed by atoms with van der Waals surface area (Å²) in [6.45, 7) is 1.79. The van der Waals surface area contributed by atoms with Crippen molar-refractivity contribution in [3.63, 3.8) is 0 Å². The number of nitrogens with one attached hydrogen (secondary N) is 1. The van der Waals surface area contributed by atoms with Crippen LogP contribution in [0, 0.1) is 4.64 Å². The fraction of sp³-hybridized carbons (Fsp3) is 0.583. The average Bonchev–Trinajstić information content (AvgIpc) is 3.10. The van der Waals surface area contributed by atoms with Crippen LogP contribution in [0.5, 0.6) is 0 Å². The van der Waals surface area contributed by atoms with Gasteiger partial charge in [-0.1, -0.05) is 12.2 Å². The molecule has 0 spiro atoms. The third kappa shape index (κ3) is 3.52. The third-order valence-corrected chi connectivity index (χ3v) is 4.90. The molecule has 2 saturated heterocycles. The number of aromatic amines is 1. The molecule has 2 aliphatic heterocycles. The molecular formula is C12H17N4O7PS. The summed E-state index contributed by atoms with van der Waals surface area (Å²) in [5, 5.41) is 17.9. The predicted octanol–water partition coefficient (Wildman–Crippen LogP) is 0.262. The molecule has 0 aromatic carbocycles. The van der Waals surface area contributed by atoms with E-state index in [1.807, 2.05) is 0 Å². The smallest absolute Gasteiger partial charge is 0.397 e. The number of fused-ring (bicyclic) bond motifs is 2. The van der Waals surface area contributed by atoms with Crippen LogP contribution in [0.2, 0.25) is 0 Å². The van der Waals surface area contributed by atoms with Crippen molar-refractivity contribution >= 4 is 31.2 Å². The summed E-state index contributed by atoms with van der Waals surface area (Å²) in [6.07, 6.45) is -0.771. The minimum Gasteiger partial charge on any atom is -0.397 e. The van der Waals surface area contributed by atoms with E-state index in [0.717, 1.165) is 0 Å². The van der Waals surface area contributed by atoms with E-state index in [4.69, 9.17) is 31.1 Å². The van der Waals surface area contributed by atoms with Gasteiger partial charge >= 0.3 is 7.82 Å². The highest BCUT2D eigenvalue weighted by Gasteiger charge is 2.52. The third-order valence-electron chi connectivity index (χ3n) is 3.62. The maximum Gasteiger partial charge on any atom is 0.472 e. The number of hydrogen-bond acceptors (Lipinski definition) is 9. The van der Waals surface area contributed by atoms with Crippen molar-refractivity contribution < 1.29 is 33.5 Å². The van der Waals surface area contributed by atoms with Crippen LogP contribution in [0.15, 0.2) is 12.7 Å². The molecule has 0 aliphatic carbocycles. The van der Waals surface area contributed by atoms with Crippen molar-refractivity contribution in [1.82, 2.24) is 19.5 Å². The summed E-state index contributed by atoms with van der Waals surface area (Å²) in [6, 6.07) is 0. The maximum absolute atomic E-state index is 11.5. The Morgan fingerprint density at radius 3 is 2.96 bits per heavy atom. The van der Waals surface area contributed by atoms with Crippen LogP contribution in [0.25, 0.3) is 11.2 Å². The molecule has 11 nitrogen and oxygen atoms in total. The Hall–Kier alpha value is -1.24. The summed E-state index contributed by atoms with van der Waals surface area (Å²) in [5.74, 6) is 0. The van der Waals surface area contributed by atoms with Gasteiger partial charge in [0.05, 0.1) is 19.3 Å². The summed E-state index contributed by atoms with van der Waals surface area (Å²) >= 11 is 5.08. The SMILES string of the molecule is CCO.O=P1(O)OCC2OC(n3cnc4c(=S)nc[nH]c43)C(O)C2O1. The molecule has 0 radical (unpaired) electrons. The number of aliphatic hydroxyl groups excluding tert-OH is 2. The van der Waals surface area contributed by atoms with Crippen LogP contribution >= 0.6 is 20.0 Å². The second-order valence-corrected chi connectivity index (χ2v) is 7.06. The molecule has 2 fully saturated rings. The molecule has 0 saturated carbocycles. The number of nitrogens with zero attached hydrogens (tertiary/aromatic N) is 3. The molecule has 4 heterocycles. The Morgan fingerprint density at radius 2 is 2.24 bits per heavy atom. The number of rotatable bonds is 1. The van der Waals surface area contributed by atoms with Crippen LogP contribution in [0.3, 0.4) is 0 Å². The van der Waals surface area contributed by atoms with Gasteiger partial charge in [-0.25, -0.2) is 14.5 Å². The minimum atomic E-state index is -4.15. The van der Waals surface area contributed by atoms with Gasteiger partial charge in [-0.2, -0.15) is 0 Å². The molecular weight excluding hydrogens is 375 g/mol. The number of phosphoric ester groups is 1. The molecule has 2 aliphatic rings. The summed E-state index contributed by atoms with van der Waals surface area (Å²) in [7, 11) is -4.15. The van der Waals surface area contributed by atoms with E-state index in [-0.39, 0.29) is 13.2 Å². The number of aliphatic hydroxyl groups is 2. The van der Waals surface area contributed by atoms with E-state index < -0.39 is 32.4 Å². The van der Waals surface area contributed by atoms with Gasteiger partial charge in [0.2, 0.25) is 0 Å². The molecule has 2 aromatic rings. The minimum absolute atomic E-state index is 0.143.